The van der Waals surface area contributed by atoms with E-state index in [9.17, 15) is 0 Å². The Hall–Kier alpha value is -1.77. The van der Waals surface area contributed by atoms with Gasteiger partial charge in [-0.3, -0.25) is 0 Å². The van der Waals surface area contributed by atoms with Gasteiger partial charge in [-0.2, -0.15) is 0 Å². The molecule has 0 N–H and O–H groups in total. The zero-order valence-electron chi connectivity index (χ0n) is 9.78. The Morgan fingerprint density at radius 2 is 2.00 bits per heavy atom. The SMILES string of the molecule is Cc1ccc(OCc2cc(C)no2)c(C)c1. The van der Waals surface area contributed by atoms with Crippen molar-refractivity contribution in [2.24, 2.45) is 0 Å². The number of nitrogens with zero attached hydrogens (tertiary/aromatic N) is 1. The van der Waals surface area contributed by atoms with Gasteiger partial charge >= 0.3 is 0 Å². The van der Waals surface area contributed by atoms with E-state index in [0.29, 0.717) is 6.61 Å². The molecule has 0 radical (unpaired) electrons. The molecule has 16 heavy (non-hydrogen) atoms. The van der Waals surface area contributed by atoms with Gasteiger partial charge in [0.15, 0.2) is 5.76 Å². The highest BCUT2D eigenvalue weighted by molar-refractivity contribution is 5.35. The lowest BCUT2D eigenvalue weighted by Crippen LogP contribution is -1.95. The van der Waals surface area contributed by atoms with E-state index >= 15 is 0 Å². The summed E-state index contributed by atoms with van der Waals surface area (Å²) in [5.74, 6) is 1.64. The van der Waals surface area contributed by atoms with Gasteiger partial charge in [-0.1, -0.05) is 22.9 Å². The molecule has 0 spiro atoms. The minimum atomic E-state index is 0.421. The molecule has 1 aromatic carbocycles. The zero-order valence-corrected chi connectivity index (χ0v) is 9.78. The normalized spacial score (nSPS) is 10.4. The first-order chi connectivity index (χ1) is 7.65. The lowest BCUT2D eigenvalue weighted by Gasteiger charge is -2.07. The second-order valence-electron chi connectivity index (χ2n) is 3.99. The van der Waals surface area contributed by atoms with Crippen LogP contribution in [0, 0.1) is 20.8 Å². The molecule has 1 heterocycles. The Morgan fingerprint density at radius 3 is 2.62 bits per heavy atom. The van der Waals surface area contributed by atoms with Crippen molar-refractivity contribution >= 4 is 0 Å². The summed E-state index contributed by atoms with van der Waals surface area (Å²) >= 11 is 0. The Balaban J connectivity index is 2.04. The number of aromatic nitrogens is 1. The third kappa shape index (κ3) is 2.42. The quantitative estimate of drug-likeness (QED) is 0.792. The highest BCUT2D eigenvalue weighted by Gasteiger charge is 2.03. The number of benzene rings is 1. The Morgan fingerprint density at radius 1 is 1.19 bits per heavy atom. The molecule has 0 aliphatic carbocycles. The molecule has 0 fully saturated rings. The van der Waals surface area contributed by atoms with Gasteiger partial charge in [-0.25, -0.2) is 0 Å². The fourth-order valence-electron chi connectivity index (χ4n) is 1.59. The average Bonchev–Trinajstić information content (AvgIpc) is 2.63. The fourth-order valence-corrected chi connectivity index (χ4v) is 1.59. The van der Waals surface area contributed by atoms with Crippen molar-refractivity contribution in [1.82, 2.24) is 5.16 Å². The van der Waals surface area contributed by atoms with Crippen LogP contribution in [-0.2, 0) is 6.61 Å². The van der Waals surface area contributed by atoms with E-state index < -0.39 is 0 Å². The molecule has 0 unspecified atom stereocenters. The molecule has 0 aliphatic rings. The topological polar surface area (TPSA) is 35.3 Å². The maximum Gasteiger partial charge on any atom is 0.174 e. The van der Waals surface area contributed by atoms with E-state index in [1.165, 1.54) is 5.56 Å². The molecule has 3 nitrogen and oxygen atoms in total. The number of hydrogen-bond acceptors (Lipinski definition) is 3. The van der Waals surface area contributed by atoms with Crippen molar-refractivity contribution in [3.8, 4) is 5.75 Å². The molecule has 2 aromatic rings. The smallest absolute Gasteiger partial charge is 0.174 e. The summed E-state index contributed by atoms with van der Waals surface area (Å²) in [6, 6.07) is 7.99. The summed E-state index contributed by atoms with van der Waals surface area (Å²) in [6.07, 6.45) is 0. The molecule has 3 heteroatoms. The van der Waals surface area contributed by atoms with Gasteiger partial charge in [0.25, 0.3) is 0 Å². The first-order valence-corrected chi connectivity index (χ1v) is 5.27. The second kappa shape index (κ2) is 4.39. The third-order valence-corrected chi connectivity index (χ3v) is 2.38. The van der Waals surface area contributed by atoms with Crippen LogP contribution in [0.1, 0.15) is 22.6 Å². The highest BCUT2D eigenvalue weighted by Crippen LogP contribution is 2.20. The van der Waals surface area contributed by atoms with Crippen LogP contribution in [0.15, 0.2) is 28.8 Å². The molecule has 0 saturated carbocycles. The van der Waals surface area contributed by atoms with Crippen LogP contribution >= 0.6 is 0 Å². The standard InChI is InChI=1S/C13H15NO2/c1-9-4-5-13(10(2)6-9)15-8-12-7-11(3)14-16-12/h4-7H,8H2,1-3H3. The Bertz CT molecular complexity index is 488. The van der Waals surface area contributed by atoms with Crippen LogP contribution in [0.5, 0.6) is 5.75 Å². The minimum absolute atomic E-state index is 0.421. The van der Waals surface area contributed by atoms with E-state index in [1.54, 1.807) is 0 Å². The van der Waals surface area contributed by atoms with Crippen LogP contribution in [0.4, 0.5) is 0 Å². The summed E-state index contributed by atoms with van der Waals surface area (Å²) in [7, 11) is 0. The third-order valence-electron chi connectivity index (χ3n) is 2.38. The molecule has 0 aliphatic heterocycles. The van der Waals surface area contributed by atoms with Gasteiger partial charge in [0.2, 0.25) is 0 Å². The fraction of sp³-hybridized carbons (Fsp3) is 0.308. The summed E-state index contributed by atoms with van der Waals surface area (Å²) in [5.41, 5.74) is 3.25. The van der Waals surface area contributed by atoms with Crippen molar-refractivity contribution in [2.45, 2.75) is 27.4 Å². The lowest BCUT2D eigenvalue weighted by atomic mass is 10.1. The van der Waals surface area contributed by atoms with Crippen LogP contribution in [-0.4, -0.2) is 5.16 Å². The summed E-state index contributed by atoms with van der Waals surface area (Å²) in [6.45, 7) is 6.42. The van der Waals surface area contributed by atoms with E-state index in [4.69, 9.17) is 9.26 Å². The molecule has 0 saturated heterocycles. The predicted octanol–water partition coefficient (Wildman–Crippen LogP) is 3.18. The number of rotatable bonds is 3. The summed E-state index contributed by atoms with van der Waals surface area (Å²) < 4.78 is 10.7. The molecule has 0 atom stereocenters. The number of hydrogen-bond donors (Lipinski definition) is 0. The highest BCUT2D eigenvalue weighted by atomic mass is 16.5. The van der Waals surface area contributed by atoms with E-state index in [1.807, 2.05) is 32.0 Å². The lowest BCUT2D eigenvalue weighted by molar-refractivity contribution is 0.247. The molecular formula is C13H15NO2. The first kappa shape index (κ1) is 10.7. The average molecular weight is 217 g/mol. The molecule has 0 bridgehead atoms. The largest absolute Gasteiger partial charge is 0.485 e. The molecular weight excluding hydrogens is 202 g/mol. The predicted molar refractivity (Wildman–Crippen MR) is 61.5 cm³/mol. The van der Waals surface area contributed by atoms with Gasteiger partial charge in [0.05, 0.1) is 5.69 Å². The van der Waals surface area contributed by atoms with E-state index in [0.717, 1.165) is 22.8 Å². The Kier molecular flexibility index (Phi) is 2.95. The van der Waals surface area contributed by atoms with Gasteiger partial charge in [0.1, 0.15) is 12.4 Å². The van der Waals surface area contributed by atoms with Gasteiger partial charge in [-0.05, 0) is 32.4 Å². The van der Waals surface area contributed by atoms with Gasteiger partial charge < -0.3 is 9.26 Å². The second-order valence-corrected chi connectivity index (χ2v) is 3.99. The van der Waals surface area contributed by atoms with Crippen LogP contribution in [0.2, 0.25) is 0 Å². The number of aryl methyl sites for hydroxylation is 3. The monoisotopic (exact) mass is 217 g/mol. The maximum absolute atomic E-state index is 5.66. The van der Waals surface area contributed by atoms with Gasteiger partial charge in [0, 0.05) is 6.07 Å². The van der Waals surface area contributed by atoms with Crippen molar-refractivity contribution in [3.05, 3.63) is 46.8 Å². The van der Waals surface area contributed by atoms with Crippen molar-refractivity contribution in [2.75, 3.05) is 0 Å². The first-order valence-electron chi connectivity index (χ1n) is 5.27. The van der Waals surface area contributed by atoms with E-state index in [-0.39, 0.29) is 0 Å². The van der Waals surface area contributed by atoms with Crippen LogP contribution in [0.3, 0.4) is 0 Å². The van der Waals surface area contributed by atoms with Gasteiger partial charge in [-0.15, -0.1) is 0 Å². The van der Waals surface area contributed by atoms with Crippen molar-refractivity contribution < 1.29 is 9.26 Å². The number of ether oxygens (including phenoxy) is 1. The van der Waals surface area contributed by atoms with Crippen molar-refractivity contribution in [1.29, 1.82) is 0 Å². The zero-order chi connectivity index (χ0) is 11.5. The Labute approximate surface area is 95.0 Å². The minimum Gasteiger partial charge on any atom is -0.485 e. The molecule has 84 valence electrons. The maximum atomic E-state index is 5.66. The molecule has 2 rings (SSSR count). The molecule has 0 amide bonds. The summed E-state index contributed by atoms with van der Waals surface area (Å²) in [4.78, 5) is 0. The van der Waals surface area contributed by atoms with Crippen molar-refractivity contribution in [3.63, 3.8) is 0 Å². The van der Waals surface area contributed by atoms with Crippen LogP contribution < -0.4 is 4.74 Å². The van der Waals surface area contributed by atoms with E-state index in [2.05, 4.69) is 18.1 Å². The van der Waals surface area contributed by atoms with Crippen LogP contribution in [0.25, 0.3) is 0 Å². The molecule has 1 aromatic heterocycles. The summed E-state index contributed by atoms with van der Waals surface area (Å²) in [5, 5.41) is 3.81.